The topological polar surface area (TPSA) is 30.2 Å². The Balaban J connectivity index is 2.95. The van der Waals surface area contributed by atoms with E-state index in [1.54, 1.807) is 6.20 Å². The third-order valence-electron chi connectivity index (χ3n) is 1.26. The highest BCUT2D eigenvalue weighted by atomic mass is 19.1. The zero-order valence-corrected chi connectivity index (χ0v) is 5.03. The van der Waals surface area contributed by atoms with Crippen LogP contribution in [0.2, 0.25) is 0 Å². The summed E-state index contributed by atoms with van der Waals surface area (Å²) in [6, 6.07) is 0. The van der Waals surface area contributed by atoms with E-state index in [-0.39, 0.29) is 0 Å². The van der Waals surface area contributed by atoms with E-state index >= 15 is 0 Å². The van der Waals surface area contributed by atoms with Crippen molar-refractivity contribution in [3.63, 3.8) is 0 Å². The Morgan fingerprint density at radius 1 is 1.50 bits per heavy atom. The molecule has 0 N–H and O–H groups in total. The molecule has 0 fully saturated rings. The van der Waals surface area contributed by atoms with Crippen LogP contribution in [0.1, 0.15) is 0 Å². The molecule has 0 radical (unpaired) electrons. The Kier molecular flexibility index (Phi) is 0.943. The van der Waals surface area contributed by atoms with Crippen molar-refractivity contribution >= 4 is 5.65 Å². The van der Waals surface area contributed by atoms with Crippen molar-refractivity contribution in [3.8, 4) is 0 Å². The Labute approximate surface area is 56.2 Å². The van der Waals surface area contributed by atoms with Gasteiger partial charge in [0.1, 0.15) is 6.33 Å². The van der Waals surface area contributed by atoms with Gasteiger partial charge in [-0.1, -0.05) is 0 Å². The first-order valence-corrected chi connectivity index (χ1v) is 2.80. The van der Waals surface area contributed by atoms with Crippen LogP contribution >= 0.6 is 0 Å². The summed E-state index contributed by atoms with van der Waals surface area (Å²) in [7, 11) is 0. The number of nitrogens with zero attached hydrogens (tertiary/aromatic N) is 3. The third-order valence-corrected chi connectivity index (χ3v) is 1.26. The van der Waals surface area contributed by atoms with Crippen molar-refractivity contribution < 1.29 is 4.39 Å². The SMILES string of the molecule is Fc1cncn2ccnc12. The van der Waals surface area contributed by atoms with Gasteiger partial charge in [0, 0.05) is 12.4 Å². The summed E-state index contributed by atoms with van der Waals surface area (Å²) < 4.78 is 14.2. The van der Waals surface area contributed by atoms with Gasteiger partial charge in [-0.15, -0.1) is 0 Å². The smallest absolute Gasteiger partial charge is 0.184 e. The maximum Gasteiger partial charge on any atom is 0.184 e. The van der Waals surface area contributed by atoms with E-state index < -0.39 is 5.82 Å². The number of rotatable bonds is 0. The summed E-state index contributed by atoms with van der Waals surface area (Å²) in [5, 5.41) is 0. The Bertz CT molecular complexity index is 355. The van der Waals surface area contributed by atoms with E-state index in [4.69, 9.17) is 0 Å². The fourth-order valence-electron chi connectivity index (χ4n) is 0.820. The van der Waals surface area contributed by atoms with Crippen molar-refractivity contribution in [1.82, 2.24) is 14.4 Å². The third kappa shape index (κ3) is 0.586. The van der Waals surface area contributed by atoms with Crippen LogP contribution in [-0.2, 0) is 0 Å². The number of hydrogen-bond donors (Lipinski definition) is 0. The van der Waals surface area contributed by atoms with E-state index in [0.717, 1.165) is 6.20 Å². The van der Waals surface area contributed by atoms with Gasteiger partial charge in [0.2, 0.25) is 0 Å². The molecule has 0 aliphatic heterocycles. The van der Waals surface area contributed by atoms with Gasteiger partial charge in [0.05, 0.1) is 6.20 Å². The minimum Gasteiger partial charge on any atom is -0.288 e. The van der Waals surface area contributed by atoms with Crippen LogP contribution in [0.15, 0.2) is 24.9 Å². The molecule has 3 nitrogen and oxygen atoms in total. The first kappa shape index (κ1) is 5.34. The molecule has 2 heterocycles. The Morgan fingerprint density at radius 2 is 2.40 bits per heavy atom. The van der Waals surface area contributed by atoms with Gasteiger partial charge in [-0.3, -0.25) is 4.40 Å². The lowest BCUT2D eigenvalue weighted by Crippen LogP contribution is -1.88. The molecule has 0 saturated carbocycles. The number of hydrogen-bond acceptors (Lipinski definition) is 2. The molecular weight excluding hydrogens is 133 g/mol. The van der Waals surface area contributed by atoms with Gasteiger partial charge in [0.25, 0.3) is 0 Å². The monoisotopic (exact) mass is 137 g/mol. The molecule has 0 aliphatic carbocycles. The molecule has 50 valence electrons. The Hall–Kier alpha value is -1.45. The molecule has 0 atom stereocenters. The summed E-state index contributed by atoms with van der Waals surface area (Å²) >= 11 is 0. The highest BCUT2D eigenvalue weighted by Crippen LogP contribution is 2.02. The van der Waals surface area contributed by atoms with Crippen LogP contribution in [0.5, 0.6) is 0 Å². The van der Waals surface area contributed by atoms with Gasteiger partial charge >= 0.3 is 0 Å². The summed E-state index contributed by atoms with van der Waals surface area (Å²) in [5.41, 5.74) is 0.315. The van der Waals surface area contributed by atoms with Crippen molar-refractivity contribution in [3.05, 3.63) is 30.7 Å². The van der Waals surface area contributed by atoms with E-state index in [1.807, 2.05) is 0 Å². The minimum absolute atomic E-state index is 0.315. The lowest BCUT2D eigenvalue weighted by molar-refractivity contribution is 0.622. The van der Waals surface area contributed by atoms with Crippen molar-refractivity contribution in [2.24, 2.45) is 0 Å². The fourth-order valence-corrected chi connectivity index (χ4v) is 0.820. The number of aromatic nitrogens is 3. The molecule has 2 rings (SSSR count). The van der Waals surface area contributed by atoms with Crippen LogP contribution in [0.25, 0.3) is 5.65 Å². The van der Waals surface area contributed by atoms with E-state index in [1.165, 1.54) is 16.9 Å². The predicted molar refractivity (Wildman–Crippen MR) is 32.9 cm³/mol. The Morgan fingerprint density at radius 3 is 3.20 bits per heavy atom. The molecule has 0 bridgehead atoms. The highest BCUT2D eigenvalue weighted by Gasteiger charge is 1.98. The molecule has 4 heteroatoms. The predicted octanol–water partition coefficient (Wildman–Crippen LogP) is 0.868. The molecule has 0 saturated heterocycles. The second-order valence-electron chi connectivity index (χ2n) is 1.90. The zero-order valence-electron chi connectivity index (χ0n) is 5.03. The molecule has 0 aromatic carbocycles. The van der Waals surface area contributed by atoms with Crippen LogP contribution in [0.3, 0.4) is 0 Å². The van der Waals surface area contributed by atoms with E-state index in [9.17, 15) is 4.39 Å². The maximum atomic E-state index is 12.7. The minimum atomic E-state index is -0.396. The van der Waals surface area contributed by atoms with Crippen molar-refractivity contribution in [2.75, 3.05) is 0 Å². The van der Waals surface area contributed by atoms with Gasteiger partial charge in [-0.05, 0) is 0 Å². The summed E-state index contributed by atoms with van der Waals surface area (Å²) in [6.45, 7) is 0. The molecule has 2 aromatic rings. The second kappa shape index (κ2) is 1.76. The van der Waals surface area contributed by atoms with E-state index in [0.29, 0.717) is 5.65 Å². The standard InChI is InChI=1S/C6H4FN3/c7-5-3-8-4-10-2-1-9-6(5)10/h1-4H. The molecule has 2 aromatic heterocycles. The summed E-state index contributed by atoms with van der Waals surface area (Å²) in [6.07, 6.45) is 5.82. The molecular formula is C6H4FN3. The lowest BCUT2D eigenvalue weighted by Gasteiger charge is -1.90. The van der Waals surface area contributed by atoms with Crippen LogP contribution in [0.4, 0.5) is 4.39 Å². The highest BCUT2D eigenvalue weighted by molar-refractivity contribution is 5.37. The zero-order chi connectivity index (χ0) is 6.97. The van der Waals surface area contributed by atoms with Crippen LogP contribution in [-0.4, -0.2) is 14.4 Å². The molecule has 0 spiro atoms. The van der Waals surface area contributed by atoms with Crippen LogP contribution in [0, 0.1) is 5.82 Å². The molecule has 0 unspecified atom stereocenters. The van der Waals surface area contributed by atoms with E-state index in [2.05, 4.69) is 9.97 Å². The molecule has 0 aliphatic rings. The first-order valence-electron chi connectivity index (χ1n) is 2.80. The first-order chi connectivity index (χ1) is 4.88. The average Bonchev–Trinajstić information content (AvgIpc) is 2.36. The molecule has 0 amide bonds. The summed E-state index contributed by atoms with van der Waals surface area (Å²) in [5.74, 6) is -0.396. The normalized spacial score (nSPS) is 10.5. The second-order valence-corrected chi connectivity index (χ2v) is 1.90. The van der Waals surface area contributed by atoms with Gasteiger partial charge in [-0.25, -0.2) is 14.4 Å². The van der Waals surface area contributed by atoms with Gasteiger partial charge in [-0.2, -0.15) is 0 Å². The lowest BCUT2D eigenvalue weighted by atomic mass is 10.6. The van der Waals surface area contributed by atoms with Gasteiger partial charge < -0.3 is 0 Å². The quantitative estimate of drug-likeness (QED) is 0.539. The van der Waals surface area contributed by atoms with Crippen molar-refractivity contribution in [1.29, 1.82) is 0 Å². The van der Waals surface area contributed by atoms with Crippen LogP contribution < -0.4 is 0 Å². The van der Waals surface area contributed by atoms with Gasteiger partial charge in [0.15, 0.2) is 11.5 Å². The fraction of sp³-hybridized carbons (Fsp3) is 0. The molecule has 10 heavy (non-hydrogen) atoms. The maximum absolute atomic E-state index is 12.7. The average molecular weight is 137 g/mol. The number of imidazole rings is 1. The van der Waals surface area contributed by atoms with Crippen molar-refractivity contribution in [2.45, 2.75) is 0 Å². The number of halogens is 1. The number of fused-ring (bicyclic) bond motifs is 1. The summed E-state index contributed by atoms with van der Waals surface area (Å²) in [4.78, 5) is 7.40. The largest absolute Gasteiger partial charge is 0.288 e.